The van der Waals surface area contributed by atoms with Crippen molar-refractivity contribution in [3.05, 3.63) is 24.5 Å². The molecule has 1 aliphatic heterocycles. The van der Waals surface area contributed by atoms with Gasteiger partial charge in [0.1, 0.15) is 12.1 Å². The van der Waals surface area contributed by atoms with Crippen LogP contribution >= 0.6 is 0 Å². The number of nitrogens with zero attached hydrogens (tertiary/aromatic N) is 2. The van der Waals surface area contributed by atoms with Crippen molar-refractivity contribution in [1.82, 2.24) is 9.97 Å². The van der Waals surface area contributed by atoms with Gasteiger partial charge in [-0.1, -0.05) is 0 Å². The number of rotatable bonds is 3. The van der Waals surface area contributed by atoms with Crippen LogP contribution < -0.4 is 11.1 Å². The molecule has 19 heavy (non-hydrogen) atoms. The van der Waals surface area contributed by atoms with E-state index in [-0.39, 0.29) is 0 Å². The van der Waals surface area contributed by atoms with Gasteiger partial charge in [0.25, 0.3) is 0 Å². The van der Waals surface area contributed by atoms with Gasteiger partial charge in [-0.3, -0.25) is 0 Å². The summed E-state index contributed by atoms with van der Waals surface area (Å²) in [4.78, 5) is 8.60. The molecule has 2 aromatic rings. The van der Waals surface area contributed by atoms with Crippen molar-refractivity contribution in [2.75, 3.05) is 24.3 Å². The van der Waals surface area contributed by atoms with Gasteiger partial charge >= 0.3 is 0 Å². The van der Waals surface area contributed by atoms with Gasteiger partial charge < -0.3 is 15.8 Å². The number of nitrogen functional groups attached to an aromatic ring is 1. The molecule has 1 saturated heterocycles. The van der Waals surface area contributed by atoms with Crippen molar-refractivity contribution >= 4 is 22.4 Å². The van der Waals surface area contributed by atoms with Crippen molar-refractivity contribution in [2.45, 2.75) is 19.4 Å². The SMILES string of the molecule is CC(Nc1ncnc2ccc(N)cc12)C1CCOC1. The first-order valence-corrected chi connectivity index (χ1v) is 6.58. The van der Waals surface area contributed by atoms with Crippen molar-refractivity contribution in [3.63, 3.8) is 0 Å². The molecule has 1 fully saturated rings. The first-order chi connectivity index (χ1) is 9.24. The number of hydrogen-bond acceptors (Lipinski definition) is 5. The number of anilines is 2. The van der Waals surface area contributed by atoms with E-state index in [0.29, 0.717) is 12.0 Å². The van der Waals surface area contributed by atoms with E-state index in [1.807, 2.05) is 18.2 Å². The number of nitrogens with one attached hydrogen (secondary N) is 1. The molecule has 2 atom stereocenters. The fraction of sp³-hybridized carbons (Fsp3) is 0.429. The first-order valence-electron chi connectivity index (χ1n) is 6.58. The predicted octanol–water partition coefficient (Wildman–Crippen LogP) is 2.05. The number of fused-ring (bicyclic) bond motifs is 1. The molecule has 3 rings (SSSR count). The molecule has 2 unspecified atom stereocenters. The third-order valence-electron chi connectivity index (χ3n) is 3.70. The molecule has 0 bridgehead atoms. The van der Waals surface area contributed by atoms with E-state index in [9.17, 15) is 0 Å². The molecule has 100 valence electrons. The second-order valence-electron chi connectivity index (χ2n) is 5.06. The molecule has 0 amide bonds. The topological polar surface area (TPSA) is 73.1 Å². The quantitative estimate of drug-likeness (QED) is 0.824. The van der Waals surface area contributed by atoms with Crippen molar-refractivity contribution < 1.29 is 4.74 Å². The Labute approximate surface area is 112 Å². The fourth-order valence-corrected chi connectivity index (χ4v) is 2.47. The van der Waals surface area contributed by atoms with E-state index in [0.717, 1.165) is 42.0 Å². The van der Waals surface area contributed by atoms with Crippen molar-refractivity contribution in [2.24, 2.45) is 5.92 Å². The average molecular weight is 258 g/mol. The summed E-state index contributed by atoms with van der Waals surface area (Å²) in [7, 11) is 0. The minimum atomic E-state index is 0.321. The maximum absolute atomic E-state index is 5.84. The number of hydrogen-bond donors (Lipinski definition) is 2. The van der Waals surface area contributed by atoms with Crippen LogP contribution in [0.3, 0.4) is 0 Å². The number of ether oxygens (including phenoxy) is 1. The molecule has 0 saturated carbocycles. The summed E-state index contributed by atoms with van der Waals surface area (Å²) in [5.74, 6) is 1.38. The standard InChI is InChI=1S/C14H18N4O/c1-9(10-4-5-19-7-10)18-14-12-6-11(15)2-3-13(12)16-8-17-14/h2-3,6,8-10H,4-5,7,15H2,1H3,(H,16,17,18). The van der Waals surface area contributed by atoms with Crippen LogP contribution in [0.1, 0.15) is 13.3 Å². The fourth-order valence-electron chi connectivity index (χ4n) is 2.47. The molecular formula is C14H18N4O. The normalized spacial score (nSPS) is 20.6. The summed E-state index contributed by atoms with van der Waals surface area (Å²) in [6, 6.07) is 6.01. The van der Waals surface area contributed by atoms with Gasteiger partial charge in [0.15, 0.2) is 0 Å². The highest BCUT2D eigenvalue weighted by Crippen LogP contribution is 2.25. The zero-order chi connectivity index (χ0) is 13.2. The van der Waals surface area contributed by atoms with E-state index in [1.165, 1.54) is 0 Å². The molecule has 0 aliphatic carbocycles. The van der Waals surface area contributed by atoms with Crippen LogP contribution in [-0.2, 0) is 4.74 Å². The van der Waals surface area contributed by atoms with Crippen LogP contribution in [0.25, 0.3) is 10.9 Å². The van der Waals surface area contributed by atoms with Crippen LogP contribution in [0.5, 0.6) is 0 Å². The molecule has 5 nitrogen and oxygen atoms in total. The molecule has 1 aromatic heterocycles. The van der Waals surface area contributed by atoms with Gasteiger partial charge in [-0.15, -0.1) is 0 Å². The third kappa shape index (κ3) is 2.46. The Hall–Kier alpha value is -1.88. The summed E-state index contributed by atoms with van der Waals surface area (Å²) >= 11 is 0. The van der Waals surface area contributed by atoms with Crippen LogP contribution in [0.4, 0.5) is 11.5 Å². The second-order valence-corrected chi connectivity index (χ2v) is 5.06. The Morgan fingerprint density at radius 2 is 2.32 bits per heavy atom. The maximum Gasteiger partial charge on any atom is 0.137 e. The van der Waals surface area contributed by atoms with E-state index in [4.69, 9.17) is 10.5 Å². The Morgan fingerprint density at radius 3 is 3.11 bits per heavy atom. The lowest BCUT2D eigenvalue weighted by Crippen LogP contribution is -2.26. The summed E-state index contributed by atoms with van der Waals surface area (Å²) < 4.78 is 5.43. The highest BCUT2D eigenvalue weighted by molar-refractivity contribution is 5.91. The lowest BCUT2D eigenvalue weighted by atomic mass is 10.0. The van der Waals surface area contributed by atoms with Crippen molar-refractivity contribution in [3.8, 4) is 0 Å². The highest BCUT2D eigenvalue weighted by Gasteiger charge is 2.22. The number of nitrogens with two attached hydrogens (primary N) is 1. The lowest BCUT2D eigenvalue weighted by Gasteiger charge is -2.20. The molecule has 1 aliphatic rings. The van der Waals surface area contributed by atoms with E-state index in [1.54, 1.807) is 6.33 Å². The smallest absolute Gasteiger partial charge is 0.137 e. The summed E-state index contributed by atoms with van der Waals surface area (Å²) in [5, 5.41) is 4.43. The molecular weight excluding hydrogens is 240 g/mol. The zero-order valence-corrected chi connectivity index (χ0v) is 11.0. The summed E-state index contributed by atoms with van der Waals surface area (Å²) in [6.07, 6.45) is 2.68. The van der Waals surface area contributed by atoms with Crippen LogP contribution in [-0.4, -0.2) is 29.2 Å². The highest BCUT2D eigenvalue weighted by atomic mass is 16.5. The molecule has 1 aromatic carbocycles. The van der Waals surface area contributed by atoms with Crippen LogP contribution in [0.2, 0.25) is 0 Å². The second kappa shape index (κ2) is 5.01. The molecule has 0 radical (unpaired) electrons. The Kier molecular flexibility index (Phi) is 3.21. The van der Waals surface area contributed by atoms with Gasteiger partial charge in [0.05, 0.1) is 12.1 Å². The zero-order valence-electron chi connectivity index (χ0n) is 11.0. The van der Waals surface area contributed by atoms with Gasteiger partial charge in [0, 0.05) is 29.6 Å². The minimum absolute atomic E-state index is 0.321. The van der Waals surface area contributed by atoms with Gasteiger partial charge in [-0.05, 0) is 31.5 Å². The Bertz CT molecular complexity index is 581. The van der Waals surface area contributed by atoms with Gasteiger partial charge in [-0.25, -0.2) is 9.97 Å². The summed E-state index contributed by atoms with van der Waals surface area (Å²) in [5.41, 5.74) is 7.47. The largest absolute Gasteiger partial charge is 0.399 e. The Morgan fingerprint density at radius 1 is 1.42 bits per heavy atom. The van der Waals surface area contributed by atoms with Gasteiger partial charge in [-0.2, -0.15) is 0 Å². The van der Waals surface area contributed by atoms with Gasteiger partial charge in [0.2, 0.25) is 0 Å². The monoisotopic (exact) mass is 258 g/mol. The molecule has 0 spiro atoms. The van der Waals surface area contributed by atoms with Crippen LogP contribution in [0.15, 0.2) is 24.5 Å². The third-order valence-corrected chi connectivity index (χ3v) is 3.70. The predicted molar refractivity (Wildman–Crippen MR) is 76.0 cm³/mol. The lowest BCUT2D eigenvalue weighted by molar-refractivity contribution is 0.183. The molecule has 2 heterocycles. The number of aromatic nitrogens is 2. The Balaban J connectivity index is 1.89. The maximum atomic E-state index is 5.84. The molecule has 3 N–H and O–H groups in total. The van der Waals surface area contributed by atoms with E-state index >= 15 is 0 Å². The van der Waals surface area contributed by atoms with Crippen LogP contribution in [0, 0.1) is 5.92 Å². The van der Waals surface area contributed by atoms with E-state index < -0.39 is 0 Å². The van der Waals surface area contributed by atoms with E-state index in [2.05, 4.69) is 22.2 Å². The molecule has 5 heteroatoms. The first kappa shape index (κ1) is 12.2. The average Bonchev–Trinajstić information content (AvgIpc) is 2.93. The summed E-state index contributed by atoms with van der Waals surface area (Å²) in [6.45, 7) is 3.84. The minimum Gasteiger partial charge on any atom is -0.399 e. The van der Waals surface area contributed by atoms with Crippen molar-refractivity contribution in [1.29, 1.82) is 0 Å². The number of benzene rings is 1.